The minimum absolute atomic E-state index is 0.858. The van der Waals surface area contributed by atoms with E-state index in [1.807, 2.05) is 6.08 Å². The number of allylic oxidation sites excluding steroid dienone is 2. The minimum Gasteiger partial charge on any atom is -0.309 e. The lowest BCUT2D eigenvalue weighted by atomic mass is 10.1. The predicted octanol–water partition coefficient (Wildman–Crippen LogP) is 2.38. The van der Waals surface area contributed by atoms with Crippen molar-refractivity contribution in [2.24, 2.45) is 5.92 Å². The lowest BCUT2D eigenvalue weighted by Gasteiger charge is -1.93. The number of nitrogens with one attached hydrogen (secondary N) is 1. The van der Waals surface area contributed by atoms with E-state index < -0.39 is 0 Å². The lowest BCUT2D eigenvalue weighted by Crippen LogP contribution is -1.80. The summed E-state index contributed by atoms with van der Waals surface area (Å²) in [5.41, 5.74) is 1.46. The molecule has 1 aliphatic rings. The van der Waals surface area contributed by atoms with Gasteiger partial charge in [0.25, 0.3) is 0 Å². The predicted molar refractivity (Wildman–Crippen MR) is 39.9 cm³/mol. The Balaban J connectivity index is 2.47. The van der Waals surface area contributed by atoms with Gasteiger partial charge in [-0.1, -0.05) is 12.5 Å². The molecule has 0 saturated heterocycles. The summed E-state index contributed by atoms with van der Waals surface area (Å²) >= 11 is 0. The van der Waals surface area contributed by atoms with Crippen molar-refractivity contribution in [3.8, 4) is 0 Å². The van der Waals surface area contributed by atoms with Gasteiger partial charge in [-0.15, -0.1) is 0 Å². The Bertz CT molecular complexity index is 136. The van der Waals surface area contributed by atoms with Crippen molar-refractivity contribution in [2.75, 3.05) is 0 Å². The third-order valence-electron chi connectivity index (χ3n) is 1.89. The van der Waals surface area contributed by atoms with Gasteiger partial charge >= 0.3 is 0 Å². The van der Waals surface area contributed by atoms with Crippen molar-refractivity contribution in [3.63, 3.8) is 0 Å². The molecule has 0 heterocycles. The van der Waals surface area contributed by atoms with Crippen LogP contribution in [0.1, 0.15) is 26.2 Å². The zero-order valence-corrected chi connectivity index (χ0v) is 5.85. The largest absolute Gasteiger partial charge is 0.309 e. The highest BCUT2D eigenvalue weighted by molar-refractivity contribution is 5.69. The normalized spacial score (nSPS) is 31.2. The maximum Gasteiger partial charge on any atom is 0.0177 e. The highest BCUT2D eigenvalue weighted by atomic mass is 14.3. The average Bonchev–Trinajstić information content (AvgIpc) is 2.17. The van der Waals surface area contributed by atoms with E-state index in [1.54, 1.807) is 0 Å². The molecule has 0 bridgehead atoms. The van der Waals surface area contributed by atoms with Gasteiger partial charge in [0.05, 0.1) is 0 Å². The van der Waals surface area contributed by atoms with Gasteiger partial charge in [-0.05, 0) is 31.3 Å². The summed E-state index contributed by atoms with van der Waals surface area (Å²) in [6.07, 6.45) is 7.09. The Labute approximate surface area is 56.3 Å². The number of rotatable bonds is 1. The van der Waals surface area contributed by atoms with E-state index >= 15 is 0 Å². The third-order valence-corrected chi connectivity index (χ3v) is 1.89. The van der Waals surface area contributed by atoms with Gasteiger partial charge in [0.1, 0.15) is 0 Å². The van der Waals surface area contributed by atoms with Crippen LogP contribution in [0.3, 0.4) is 0 Å². The van der Waals surface area contributed by atoms with E-state index in [0.29, 0.717) is 0 Å². The molecule has 0 amide bonds. The molecule has 1 saturated carbocycles. The zero-order chi connectivity index (χ0) is 6.69. The van der Waals surface area contributed by atoms with Crippen LogP contribution in [0, 0.1) is 11.3 Å². The average molecular weight is 123 g/mol. The fourth-order valence-electron chi connectivity index (χ4n) is 1.35. The first-order valence-corrected chi connectivity index (χ1v) is 3.51. The molecule has 0 aromatic heterocycles. The smallest absolute Gasteiger partial charge is 0.0177 e. The van der Waals surface area contributed by atoms with Crippen LogP contribution in [0.5, 0.6) is 0 Å². The minimum atomic E-state index is 0.858. The van der Waals surface area contributed by atoms with E-state index in [1.165, 1.54) is 31.1 Å². The molecule has 1 N–H and O–H groups in total. The molecule has 1 nitrogen and oxygen atoms in total. The summed E-state index contributed by atoms with van der Waals surface area (Å²) < 4.78 is 0. The van der Waals surface area contributed by atoms with Crippen LogP contribution in [-0.4, -0.2) is 6.21 Å². The Morgan fingerprint density at radius 2 is 2.44 bits per heavy atom. The third kappa shape index (κ3) is 1.67. The van der Waals surface area contributed by atoms with Crippen molar-refractivity contribution in [1.82, 2.24) is 0 Å². The second kappa shape index (κ2) is 2.81. The van der Waals surface area contributed by atoms with E-state index in [-0.39, 0.29) is 0 Å². The molecule has 9 heavy (non-hydrogen) atoms. The topological polar surface area (TPSA) is 23.9 Å². The molecule has 0 aliphatic heterocycles. The van der Waals surface area contributed by atoms with E-state index in [4.69, 9.17) is 5.41 Å². The highest BCUT2D eigenvalue weighted by Gasteiger charge is 2.13. The van der Waals surface area contributed by atoms with Gasteiger partial charge < -0.3 is 5.41 Å². The number of hydrogen-bond donors (Lipinski definition) is 1. The maximum atomic E-state index is 6.83. The molecule has 50 valence electrons. The van der Waals surface area contributed by atoms with Gasteiger partial charge in [-0.3, -0.25) is 0 Å². The molecule has 1 unspecified atom stereocenters. The van der Waals surface area contributed by atoms with Crippen molar-refractivity contribution in [1.29, 1.82) is 5.41 Å². The zero-order valence-electron chi connectivity index (χ0n) is 5.85. The van der Waals surface area contributed by atoms with E-state index in [0.717, 1.165) is 5.92 Å². The molecule has 1 aliphatic carbocycles. The molecule has 0 aromatic rings. The van der Waals surface area contributed by atoms with Crippen LogP contribution in [0.25, 0.3) is 0 Å². The molecule has 1 atom stereocenters. The summed E-state index contributed by atoms with van der Waals surface area (Å²) in [4.78, 5) is 0. The fraction of sp³-hybridized carbons (Fsp3) is 0.625. The van der Waals surface area contributed by atoms with Gasteiger partial charge in [-0.25, -0.2) is 0 Å². The van der Waals surface area contributed by atoms with Crippen LogP contribution >= 0.6 is 0 Å². The second-order valence-corrected chi connectivity index (χ2v) is 2.84. The molecular formula is C8H13N. The second-order valence-electron chi connectivity index (χ2n) is 2.84. The van der Waals surface area contributed by atoms with Crippen LogP contribution in [0.15, 0.2) is 11.6 Å². The van der Waals surface area contributed by atoms with Crippen LogP contribution in [0.4, 0.5) is 0 Å². The number of hydrogen-bond acceptors (Lipinski definition) is 1. The molecule has 1 heteroatoms. The Morgan fingerprint density at radius 1 is 1.67 bits per heavy atom. The summed E-state index contributed by atoms with van der Waals surface area (Å²) in [7, 11) is 0. The van der Waals surface area contributed by atoms with E-state index in [2.05, 4.69) is 6.92 Å². The Morgan fingerprint density at radius 3 is 2.89 bits per heavy atom. The molecule has 0 aromatic carbocycles. The van der Waals surface area contributed by atoms with E-state index in [9.17, 15) is 0 Å². The first-order valence-electron chi connectivity index (χ1n) is 3.51. The van der Waals surface area contributed by atoms with Crippen molar-refractivity contribution < 1.29 is 0 Å². The Hall–Kier alpha value is -0.590. The molecule has 1 rings (SSSR count). The molecular weight excluding hydrogens is 110 g/mol. The summed E-state index contributed by atoms with van der Waals surface area (Å²) in [5.74, 6) is 0.858. The Kier molecular flexibility index (Phi) is 2.04. The van der Waals surface area contributed by atoms with Crippen LogP contribution in [-0.2, 0) is 0 Å². The maximum absolute atomic E-state index is 6.83. The molecule has 0 radical (unpaired) electrons. The van der Waals surface area contributed by atoms with Crippen molar-refractivity contribution >= 4 is 6.21 Å². The summed E-state index contributed by atoms with van der Waals surface area (Å²) in [5, 5.41) is 6.83. The molecule has 1 fully saturated rings. The van der Waals surface area contributed by atoms with Crippen LogP contribution in [0.2, 0.25) is 0 Å². The van der Waals surface area contributed by atoms with Crippen molar-refractivity contribution in [3.05, 3.63) is 11.6 Å². The first-order chi connectivity index (χ1) is 4.33. The lowest BCUT2D eigenvalue weighted by molar-refractivity contribution is 0.620. The van der Waals surface area contributed by atoms with Gasteiger partial charge in [0, 0.05) is 6.21 Å². The monoisotopic (exact) mass is 123 g/mol. The van der Waals surface area contributed by atoms with Gasteiger partial charge in [-0.2, -0.15) is 0 Å². The fourth-order valence-corrected chi connectivity index (χ4v) is 1.35. The first kappa shape index (κ1) is 6.53. The summed E-state index contributed by atoms with van der Waals surface area (Å²) in [6.45, 7) is 2.27. The van der Waals surface area contributed by atoms with Crippen molar-refractivity contribution in [2.45, 2.75) is 26.2 Å². The highest BCUT2D eigenvalue weighted by Crippen LogP contribution is 2.28. The molecule has 0 spiro atoms. The van der Waals surface area contributed by atoms with Gasteiger partial charge in [0.15, 0.2) is 0 Å². The summed E-state index contributed by atoms with van der Waals surface area (Å²) in [6, 6.07) is 0. The van der Waals surface area contributed by atoms with Crippen LogP contribution < -0.4 is 0 Å². The standard InChI is InChI=1S/C8H13N/c1-7-2-3-8(6-7)4-5-9/h4-5,7,9H,2-3,6H2,1H3/b8-4+,9-5?. The van der Waals surface area contributed by atoms with Gasteiger partial charge in [0.2, 0.25) is 0 Å². The quantitative estimate of drug-likeness (QED) is 0.518. The SMILES string of the molecule is CC1CC/C(=C\C=N)C1.